The first kappa shape index (κ1) is 11.6. The smallest absolute Gasteiger partial charge is 0.259 e. The summed E-state index contributed by atoms with van der Waals surface area (Å²) >= 11 is 0. The molecule has 1 aromatic heterocycles. The number of aromatic nitrogens is 1. The molecule has 0 spiro atoms. The van der Waals surface area contributed by atoms with Gasteiger partial charge in [0, 0.05) is 11.6 Å². The number of hydrogen-bond donors (Lipinski definition) is 1. The van der Waals surface area contributed by atoms with Crippen LogP contribution < -0.4 is 10.6 Å². The monoisotopic (exact) mass is 257 g/mol. The molecule has 1 aliphatic heterocycles. The Balaban J connectivity index is 2.22. The van der Waals surface area contributed by atoms with Gasteiger partial charge >= 0.3 is 0 Å². The Bertz CT molecular complexity index is 668. The highest BCUT2D eigenvalue weighted by atomic mass is 16.5. The van der Waals surface area contributed by atoms with E-state index in [1.54, 1.807) is 30.5 Å². The van der Waals surface area contributed by atoms with E-state index in [0.717, 1.165) is 4.90 Å². The van der Waals surface area contributed by atoms with Crippen LogP contribution in [0.25, 0.3) is 10.9 Å². The highest BCUT2D eigenvalue weighted by molar-refractivity contribution is 6.21. The standard InChI is InChI=1S/C13H11N3O3/c14-9-3-4-10(8-2-1-5-15-13(8)9)16-11(17)6-19-7-12(16)18/h1-5H,6-7,14H2. The van der Waals surface area contributed by atoms with Gasteiger partial charge in [0.25, 0.3) is 11.8 Å². The zero-order valence-corrected chi connectivity index (χ0v) is 10.00. The molecule has 0 bridgehead atoms. The second-order valence-electron chi connectivity index (χ2n) is 4.19. The first-order valence-corrected chi connectivity index (χ1v) is 5.75. The van der Waals surface area contributed by atoms with Crippen molar-refractivity contribution >= 4 is 34.1 Å². The zero-order valence-electron chi connectivity index (χ0n) is 10.00. The Morgan fingerprint density at radius 1 is 1.16 bits per heavy atom. The Hall–Kier alpha value is -2.47. The van der Waals surface area contributed by atoms with Crippen LogP contribution in [0.5, 0.6) is 0 Å². The molecule has 0 unspecified atom stereocenters. The Morgan fingerprint density at radius 3 is 2.63 bits per heavy atom. The van der Waals surface area contributed by atoms with Gasteiger partial charge in [-0.1, -0.05) is 0 Å². The summed E-state index contributed by atoms with van der Waals surface area (Å²) in [5.41, 5.74) is 7.43. The Kier molecular flexibility index (Phi) is 2.64. The van der Waals surface area contributed by atoms with Gasteiger partial charge in [-0.2, -0.15) is 0 Å². The molecule has 19 heavy (non-hydrogen) atoms. The Labute approximate surface area is 108 Å². The van der Waals surface area contributed by atoms with Crippen LogP contribution in [-0.2, 0) is 14.3 Å². The number of morpholine rings is 1. The number of amides is 2. The van der Waals surface area contributed by atoms with Crippen molar-refractivity contribution in [3.8, 4) is 0 Å². The molecule has 2 N–H and O–H groups in total. The van der Waals surface area contributed by atoms with Gasteiger partial charge in [-0.3, -0.25) is 14.6 Å². The van der Waals surface area contributed by atoms with E-state index in [1.807, 2.05) is 0 Å². The van der Waals surface area contributed by atoms with Gasteiger partial charge in [0.05, 0.1) is 16.9 Å². The quantitative estimate of drug-likeness (QED) is 0.600. The number of fused-ring (bicyclic) bond motifs is 1. The second-order valence-corrected chi connectivity index (χ2v) is 4.19. The van der Waals surface area contributed by atoms with Crippen LogP contribution in [0.4, 0.5) is 11.4 Å². The first-order chi connectivity index (χ1) is 9.18. The molecule has 1 saturated heterocycles. The number of benzene rings is 1. The summed E-state index contributed by atoms with van der Waals surface area (Å²) in [7, 11) is 0. The lowest BCUT2D eigenvalue weighted by Gasteiger charge is -2.26. The lowest BCUT2D eigenvalue weighted by Crippen LogP contribution is -2.46. The highest BCUT2D eigenvalue weighted by Crippen LogP contribution is 2.30. The molecule has 1 aliphatic rings. The lowest BCUT2D eigenvalue weighted by molar-refractivity contribution is -0.138. The second kappa shape index (κ2) is 4.33. The van der Waals surface area contributed by atoms with Crippen molar-refractivity contribution in [3.63, 3.8) is 0 Å². The van der Waals surface area contributed by atoms with E-state index in [4.69, 9.17) is 10.5 Å². The van der Waals surface area contributed by atoms with Gasteiger partial charge in [-0.05, 0) is 24.3 Å². The number of carbonyl (C=O) groups excluding carboxylic acids is 2. The molecule has 0 radical (unpaired) electrons. The average molecular weight is 257 g/mol. The van der Waals surface area contributed by atoms with Gasteiger partial charge in [-0.15, -0.1) is 0 Å². The average Bonchev–Trinajstić information content (AvgIpc) is 2.41. The van der Waals surface area contributed by atoms with Crippen LogP contribution >= 0.6 is 0 Å². The van der Waals surface area contributed by atoms with Crippen molar-refractivity contribution in [1.29, 1.82) is 0 Å². The summed E-state index contributed by atoms with van der Waals surface area (Å²) in [6.45, 7) is -0.199. The molecule has 0 atom stereocenters. The van der Waals surface area contributed by atoms with Crippen LogP contribution in [0.3, 0.4) is 0 Å². The molecule has 2 amide bonds. The number of carbonyl (C=O) groups is 2. The molecule has 0 aliphatic carbocycles. The molecule has 6 heteroatoms. The number of nitrogen functional groups attached to an aromatic ring is 1. The number of imide groups is 1. The highest BCUT2D eigenvalue weighted by Gasteiger charge is 2.29. The fourth-order valence-electron chi connectivity index (χ4n) is 2.14. The normalized spacial score (nSPS) is 16.1. The minimum absolute atomic E-state index is 0.0993. The molecule has 0 saturated carbocycles. The third kappa shape index (κ3) is 1.82. The third-order valence-electron chi connectivity index (χ3n) is 2.97. The number of nitrogens with two attached hydrogens (primary N) is 1. The topological polar surface area (TPSA) is 85.5 Å². The molecule has 1 aromatic carbocycles. The summed E-state index contributed by atoms with van der Waals surface area (Å²) in [5, 5.41) is 0.672. The molecule has 2 aromatic rings. The number of hydrogen-bond acceptors (Lipinski definition) is 5. The SMILES string of the molecule is Nc1ccc(N2C(=O)COCC2=O)c2cccnc12. The maximum absolute atomic E-state index is 11.9. The van der Waals surface area contributed by atoms with Crippen molar-refractivity contribution < 1.29 is 14.3 Å². The number of anilines is 2. The summed E-state index contributed by atoms with van der Waals surface area (Å²) in [6, 6.07) is 6.81. The maximum Gasteiger partial charge on any atom is 0.259 e. The first-order valence-electron chi connectivity index (χ1n) is 5.75. The number of rotatable bonds is 1. The molecular formula is C13H11N3O3. The fraction of sp³-hybridized carbons (Fsp3) is 0.154. The van der Waals surface area contributed by atoms with Crippen LogP contribution in [0, 0.1) is 0 Å². The lowest BCUT2D eigenvalue weighted by atomic mass is 10.1. The van der Waals surface area contributed by atoms with E-state index in [1.165, 1.54) is 0 Å². The summed E-state index contributed by atoms with van der Waals surface area (Å²) in [4.78, 5) is 29.0. The molecule has 2 heterocycles. The number of ether oxygens (including phenoxy) is 1. The van der Waals surface area contributed by atoms with Gasteiger partial charge in [0.2, 0.25) is 0 Å². The van der Waals surface area contributed by atoms with E-state index < -0.39 is 0 Å². The van der Waals surface area contributed by atoms with E-state index in [9.17, 15) is 9.59 Å². The van der Waals surface area contributed by atoms with E-state index >= 15 is 0 Å². The van der Waals surface area contributed by atoms with Crippen LogP contribution in [0.1, 0.15) is 0 Å². The van der Waals surface area contributed by atoms with Crippen molar-refractivity contribution in [1.82, 2.24) is 4.98 Å². The maximum atomic E-state index is 11.9. The third-order valence-corrected chi connectivity index (χ3v) is 2.97. The van der Waals surface area contributed by atoms with Crippen molar-refractivity contribution in [3.05, 3.63) is 30.5 Å². The number of pyridine rings is 1. The zero-order chi connectivity index (χ0) is 13.4. The van der Waals surface area contributed by atoms with Gasteiger partial charge < -0.3 is 10.5 Å². The van der Waals surface area contributed by atoms with Crippen molar-refractivity contribution in [2.24, 2.45) is 0 Å². The van der Waals surface area contributed by atoms with E-state index in [2.05, 4.69) is 4.98 Å². The van der Waals surface area contributed by atoms with Crippen LogP contribution in [-0.4, -0.2) is 30.0 Å². The van der Waals surface area contributed by atoms with E-state index in [-0.39, 0.29) is 25.0 Å². The minimum atomic E-state index is -0.383. The molecular weight excluding hydrogens is 246 g/mol. The molecule has 3 rings (SSSR count). The predicted molar refractivity (Wildman–Crippen MR) is 69.5 cm³/mol. The summed E-state index contributed by atoms with van der Waals surface area (Å²) < 4.78 is 4.90. The van der Waals surface area contributed by atoms with Crippen molar-refractivity contribution in [2.75, 3.05) is 23.8 Å². The summed E-state index contributed by atoms with van der Waals surface area (Å²) in [6.07, 6.45) is 1.62. The Morgan fingerprint density at radius 2 is 1.89 bits per heavy atom. The fourth-order valence-corrected chi connectivity index (χ4v) is 2.14. The largest absolute Gasteiger partial charge is 0.397 e. The van der Waals surface area contributed by atoms with Gasteiger partial charge in [-0.25, -0.2) is 4.90 Å². The van der Waals surface area contributed by atoms with Crippen LogP contribution in [0.15, 0.2) is 30.5 Å². The summed E-state index contributed by atoms with van der Waals surface area (Å²) in [5.74, 6) is -0.766. The van der Waals surface area contributed by atoms with E-state index in [0.29, 0.717) is 22.3 Å². The molecule has 1 fully saturated rings. The van der Waals surface area contributed by atoms with Crippen LogP contribution in [0.2, 0.25) is 0 Å². The molecule has 6 nitrogen and oxygen atoms in total. The van der Waals surface area contributed by atoms with Gasteiger partial charge in [0.1, 0.15) is 13.2 Å². The predicted octanol–water partition coefficient (Wildman–Crippen LogP) is 0.707. The molecule has 96 valence electrons. The van der Waals surface area contributed by atoms with Gasteiger partial charge in [0.15, 0.2) is 0 Å². The van der Waals surface area contributed by atoms with Crippen molar-refractivity contribution in [2.45, 2.75) is 0 Å². The number of nitrogens with zero attached hydrogens (tertiary/aromatic N) is 2. The minimum Gasteiger partial charge on any atom is -0.397 e.